The van der Waals surface area contributed by atoms with E-state index in [1.54, 1.807) is 12.1 Å². The average Bonchev–Trinajstić information content (AvgIpc) is 3.09. The molecule has 2 fully saturated rings. The van der Waals surface area contributed by atoms with Gasteiger partial charge in [-0.05, 0) is 79.0 Å². The largest absolute Gasteiger partial charge is 0.391 e. The van der Waals surface area contributed by atoms with E-state index in [2.05, 4.69) is 15.6 Å². The molecule has 2 aliphatic rings. The van der Waals surface area contributed by atoms with Crippen molar-refractivity contribution in [2.24, 2.45) is 5.92 Å². The van der Waals surface area contributed by atoms with E-state index in [1.165, 1.54) is 18.2 Å². The van der Waals surface area contributed by atoms with Crippen molar-refractivity contribution < 1.29 is 23.1 Å². The number of urea groups is 1. The van der Waals surface area contributed by atoms with Gasteiger partial charge in [0.1, 0.15) is 17.5 Å². The van der Waals surface area contributed by atoms with Crippen LogP contribution in [0.25, 0.3) is 22.2 Å². The van der Waals surface area contributed by atoms with Gasteiger partial charge in [-0.2, -0.15) is 0 Å². The number of hydrogen-bond acceptors (Lipinski definition) is 2. The van der Waals surface area contributed by atoms with Gasteiger partial charge in [0.15, 0.2) is 0 Å². The monoisotopic (exact) mass is 443 g/mol. The van der Waals surface area contributed by atoms with Crippen molar-refractivity contribution in [3.05, 3.63) is 59.4 Å². The maximum Gasteiger partial charge on any atom is 0.315 e. The summed E-state index contributed by atoms with van der Waals surface area (Å²) in [5, 5.41) is 15.7. The molecule has 2 amide bonds. The Morgan fingerprint density at radius 2 is 1.81 bits per heavy atom. The fourth-order valence-corrected chi connectivity index (χ4v) is 4.75. The Bertz CT molecular complexity index is 1160. The number of carbonyl (C=O) groups excluding carboxylic acids is 1. The first kappa shape index (κ1) is 20.9. The zero-order valence-corrected chi connectivity index (χ0v) is 17.3. The summed E-state index contributed by atoms with van der Waals surface area (Å²) in [6.07, 6.45) is 2.52. The maximum atomic E-state index is 14.5. The van der Waals surface area contributed by atoms with Crippen LogP contribution >= 0.6 is 0 Å². The third-order valence-corrected chi connectivity index (χ3v) is 6.75. The zero-order valence-electron chi connectivity index (χ0n) is 17.3. The fourth-order valence-electron chi connectivity index (χ4n) is 4.75. The second-order valence-electron chi connectivity index (χ2n) is 8.87. The summed E-state index contributed by atoms with van der Waals surface area (Å²) in [6, 6.07) is 7.63. The summed E-state index contributed by atoms with van der Waals surface area (Å²) in [5.41, 5.74) is 2.43. The molecule has 0 aliphatic heterocycles. The van der Waals surface area contributed by atoms with Crippen molar-refractivity contribution >= 4 is 16.9 Å². The normalized spacial score (nSPS) is 24.6. The van der Waals surface area contributed by atoms with E-state index in [-0.39, 0.29) is 35.2 Å². The molecule has 4 N–H and O–H groups in total. The van der Waals surface area contributed by atoms with Crippen LogP contribution in [0.2, 0.25) is 0 Å². The molecule has 0 spiro atoms. The molecule has 5 nitrogen and oxygen atoms in total. The number of amides is 2. The van der Waals surface area contributed by atoms with Crippen LogP contribution in [0.1, 0.15) is 37.2 Å². The van der Waals surface area contributed by atoms with Gasteiger partial charge in [-0.3, -0.25) is 0 Å². The molecule has 2 aliphatic carbocycles. The van der Waals surface area contributed by atoms with Crippen LogP contribution in [0, 0.1) is 23.4 Å². The van der Waals surface area contributed by atoms with Gasteiger partial charge in [0, 0.05) is 18.0 Å². The number of rotatable bonds is 5. The van der Waals surface area contributed by atoms with Crippen molar-refractivity contribution in [1.82, 2.24) is 15.6 Å². The van der Waals surface area contributed by atoms with Crippen molar-refractivity contribution in [3.8, 4) is 11.3 Å². The molecule has 3 aromatic rings. The summed E-state index contributed by atoms with van der Waals surface area (Å²) in [7, 11) is 0. The molecule has 2 saturated carbocycles. The number of hydrogen-bond donors (Lipinski definition) is 4. The van der Waals surface area contributed by atoms with Crippen LogP contribution in [0.5, 0.6) is 0 Å². The van der Waals surface area contributed by atoms with Gasteiger partial charge >= 0.3 is 6.03 Å². The van der Waals surface area contributed by atoms with E-state index in [9.17, 15) is 23.1 Å². The predicted molar refractivity (Wildman–Crippen MR) is 115 cm³/mol. The molecule has 0 radical (unpaired) electrons. The lowest BCUT2D eigenvalue weighted by Crippen LogP contribution is -2.53. The standard InChI is InChI=1S/C24H24F3N3O2/c25-15-3-1-13(2-4-15)22-21(17-9-16(26)10-18(27)23(17)30-22)14-7-12(8-14)11-28-24(32)29-19-5-6-20(19)31/h1-4,9-10,12,14,19-20,30-31H,5-8,11H2,(H2,28,29,32)/t12?,14?,19-,20+/m0/s1. The molecule has 2 aromatic carbocycles. The van der Waals surface area contributed by atoms with Crippen LogP contribution in [0.4, 0.5) is 18.0 Å². The van der Waals surface area contributed by atoms with E-state index in [0.717, 1.165) is 30.9 Å². The van der Waals surface area contributed by atoms with Gasteiger partial charge in [-0.15, -0.1) is 0 Å². The average molecular weight is 443 g/mol. The molecular formula is C24H24F3N3O2. The van der Waals surface area contributed by atoms with Crippen LogP contribution in [0.3, 0.4) is 0 Å². The number of aliphatic hydroxyl groups is 1. The Kier molecular flexibility index (Phi) is 5.33. The minimum Gasteiger partial charge on any atom is -0.391 e. The topological polar surface area (TPSA) is 77.2 Å². The quantitative estimate of drug-likeness (QED) is 0.466. The number of aliphatic hydroxyl groups excluding tert-OH is 1. The van der Waals surface area contributed by atoms with Crippen molar-refractivity contribution in [3.63, 3.8) is 0 Å². The van der Waals surface area contributed by atoms with Gasteiger partial charge in [-0.1, -0.05) is 0 Å². The second kappa shape index (κ2) is 8.16. The molecule has 0 bridgehead atoms. The third kappa shape index (κ3) is 3.83. The van der Waals surface area contributed by atoms with Gasteiger partial charge in [0.25, 0.3) is 0 Å². The van der Waals surface area contributed by atoms with Crippen LogP contribution < -0.4 is 10.6 Å². The first-order chi connectivity index (χ1) is 15.4. The molecule has 8 heteroatoms. The molecular weight excluding hydrogens is 419 g/mol. The molecule has 32 heavy (non-hydrogen) atoms. The Hall–Kier alpha value is -3.00. The van der Waals surface area contributed by atoms with E-state index in [4.69, 9.17) is 0 Å². The number of aromatic nitrogens is 1. The maximum absolute atomic E-state index is 14.5. The minimum atomic E-state index is -0.665. The summed E-state index contributed by atoms with van der Waals surface area (Å²) >= 11 is 0. The number of fused-ring (bicyclic) bond motifs is 1. The molecule has 2 atom stereocenters. The van der Waals surface area contributed by atoms with Crippen molar-refractivity contribution in [2.45, 2.75) is 43.7 Å². The van der Waals surface area contributed by atoms with Crippen LogP contribution in [-0.2, 0) is 0 Å². The van der Waals surface area contributed by atoms with Crippen molar-refractivity contribution in [2.75, 3.05) is 6.54 Å². The number of benzene rings is 2. The lowest BCUT2D eigenvalue weighted by atomic mass is 9.70. The van der Waals surface area contributed by atoms with E-state index in [1.807, 2.05) is 0 Å². The molecule has 0 saturated heterocycles. The number of halogens is 3. The molecule has 1 heterocycles. The van der Waals surface area contributed by atoms with Crippen LogP contribution in [0.15, 0.2) is 36.4 Å². The zero-order chi connectivity index (χ0) is 22.4. The molecule has 168 valence electrons. The molecule has 5 rings (SSSR count). The number of nitrogens with one attached hydrogen (secondary N) is 3. The highest BCUT2D eigenvalue weighted by Crippen LogP contribution is 2.48. The van der Waals surface area contributed by atoms with Gasteiger partial charge in [0.05, 0.1) is 23.4 Å². The predicted octanol–water partition coefficient (Wildman–Crippen LogP) is 4.57. The second-order valence-corrected chi connectivity index (χ2v) is 8.87. The Balaban J connectivity index is 1.33. The third-order valence-electron chi connectivity index (χ3n) is 6.75. The lowest BCUT2D eigenvalue weighted by molar-refractivity contribution is 0.0546. The minimum absolute atomic E-state index is 0.0633. The SMILES string of the molecule is O=C(NCC1CC(c2c(-c3ccc(F)cc3)[nH]c3c(F)cc(F)cc23)C1)N[C@H]1CC[C@H]1O. The van der Waals surface area contributed by atoms with Gasteiger partial charge < -0.3 is 20.7 Å². The highest BCUT2D eigenvalue weighted by molar-refractivity contribution is 5.92. The highest BCUT2D eigenvalue weighted by Gasteiger charge is 2.35. The van der Waals surface area contributed by atoms with E-state index < -0.39 is 17.7 Å². The Labute approximate surface area is 183 Å². The first-order valence-electron chi connectivity index (χ1n) is 10.9. The Morgan fingerprint density at radius 3 is 2.47 bits per heavy atom. The smallest absolute Gasteiger partial charge is 0.315 e. The number of aromatic amines is 1. The number of H-pyrrole nitrogens is 1. The van der Waals surface area contributed by atoms with Gasteiger partial charge in [0.2, 0.25) is 0 Å². The van der Waals surface area contributed by atoms with Crippen molar-refractivity contribution in [1.29, 1.82) is 0 Å². The summed E-state index contributed by atoms with van der Waals surface area (Å²) in [6.45, 7) is 0.488. The summed E-state index contributed by atoms with van der Waals surface area (Å²) in [5.74, 6) is -1.38. The summed E-state index contributed by atoms with van der Waals surface area (Å²) < 4.78 is 41.9. The lowest BCUT2D eigenvalue weighted by Gasteiger charge is -2.37. The number of carbonyl (C=O) groups is 1. The van der Waals surface area contributed by atoms with E-state index in [0.29, 0.717) is 29.6 Å². The highest BCUT2D eigenvalue weighted by atomic mass is 19.1. The fraction of sp³-hybridized carbons (Fsp3) is 0.375. The van der Waals surface area contributed by atoms with E-state index >= 15 is 0 Å². The van der Waals surface area contributed by atoms with Gasteiger partial charge in [-0.25, -0.2) is 18.0 Å². The molecule has 1 aromatic heterocycles. The first-order valence-corrected chi connectivity index (χ1v) is 10.9. The van der Waals surface area contributed by atoms with Crippen LogP contribution in [-0.4, -0.2) is 34.8 Å². The summed E-state index contributed by atoms with van der Waals surface area (Å²) in [4.78, 5) is 15.1. The molecule has 0 unspecified atom stereocenters. The Morgan fingerprint density at radius 1 is 1.06 bits per heavy atom.